The first-order chi connectivity index (χ1) is 8.33. The van der Waals surface area contributed by atoms with Crippen LogP contribution < -0.4 is 5.32 Å². The highest BCUT2D eigenvalue weighted by molar-refractivity contribution is 7.87. The fraction of sp³-hybridized carbons (Fsp3) is 0.400. The number of hydrogen-bond donors (Lipinski definition) is 3. The van der Waals surface area contributed by atoms with E-state index in [4.69, 9.17) is 10.2 Å². The standard InChI is InChI=1S/C10H15NO6S/c1-3-8(7-11-9(12)4-2)18(15,16)17-6-5-10(13)14/h4,6,8,13-14H,2-3,7H2,1H3,(H,11,12). The molecule has 7 nitrogen and oxygen atoms in total. The first-order valence-electron chi connectivity index (χ1n) is 4.99. The molecule has 0 aliphatic carbocycles. The first-order valence-corrected chi connectivity index (χ1v) is 6.46. The van der Waals surface area contributed by atoms with E-state index in [9.17, 15) is 13.2 Å². The summed E-state index contributed by atoms with van der Waals surface area (Å²) < 4.78 is 27.6. The maximum atomic E-state index is 11.6. The van der Waals surface area contributed by atoms with Crippen LogP contribution in [0.3, 0.4) is 0 Å². The summed E-state index contributed by atoms with van der Waals surface area (Å²) in [7, 11) is -3.97. The molecule has 0 aromatic rings. The summed E-state index contributed by atoms with van der Waals surface area (Å²) in [5.41, 5.74) is 1.75. The van der Waals surface area contributed by atoms with Crippen LogP contribution in [0.4, 0.5) is 0 Å². The topological polar surface area (TPSA) is 113 Å². The van der Waals surface area contributed by atoms with E-state index in [0.29, 0.717) is 6.26 Å². The first kappa shape index (κ1) is 16.1. The molecular weight excluding hydrogens is 262 g/mol. The van der Waals surface area contributed by atoms with Crippen molar-refractivity contribution < 1.29 is 27.6 Å². The van der Waals surface area contributed by atoms with Gasteiger partial charge in [0, 0.05) is 12.3 Å². The molecule has 1 amide bonds. The monoisotopic (exact) mass is 277 g/mol. The summed E-state index contributed by atoms with van der Waals surface area (Å²) in [6, 6.07) is 0. The Bertz CT molecular complexity index is 457. The lowest BCUT2D eigenvalue weighted by molar-refractivity contribution is -0.116. The van der Waals surface area contributed by atoms with Crippen molar-refractivity contribution in [3.63, 3.8) is 0 Å². The predicted molar refractivity (Wildman–Crippen MR) is 64.1 cm³/mol. The van der Waals surface area contributed by atoms with E-state index in [1.807, 2.05) is 0 Å². The molecule has 0 fully saturated rings. The Balaban J connectivity index is 4.67. The Morgan fingerprint density at radius 2 is 2.17 bits per heavy atom. The molecule has 0 saturated heterocycles. The second-order valence-electron chi connectivity index (χ2n) is 3.15. The van der Waals surface area contributed by atoms with Gasteiger partial charge < -0.3 is 19.7 Å². The number of aliphatic hydroxyl groups excluding tert-OH is 1. The Hall–Kier alpha value is -1.92. The second kappa shape index (κ2) is 7.41. The molecule has 0 aliphatic rings. The van der Waals surface area contributed by atoms with Gasteiger partial charge in [0.2, 0.25) is 5.91 Å². The van der Waals surface area contributed by atoms with Crippen LogP contribution in [0.15, 0.2) is 30.6 Å². The largest absolute Gasteiger partial charge is 0.475 e. The third-order valence-electron chi connectivity index (χ3n) is 1.92. The van der Waals surface area contributed by atoms with Gasteiger partial charge in [0.1, 0.15) is 5.25 Å². The fourth-order valence-corrected chi connectivity index (χ4v) is 1.99. The van der Waals surface area contributed by atoms with Crippen LogP contribution >= 0.6 is 0 Å². The number of carbonyl (C=O) groups excluding carboxylic acids is 1. The molecular formula is C10H15NO6S. The lowest BCUT2D eigenvalue weighted by Gasteiger charge is -2.14. The van der Waals surface area contributed by atoms with Crippen LogP contribution in [0, 0.1) is 0 Å². The molecule has 1 unspecified atom stereocenters. The van der Waals surface area contributed by atoms with Gasteiger partial charge in [-0.05, 0) is 12.5 Å². The highest BCUT2D eigenvalue weighted by Crippen LogP contribution is 2.08. The summed E-state index contributed by atoms with van der Waals surface area (Å²) in [5, 5.41) is 18.1. The van der Waals surface area contributed by atoms with E-state index in [0.717, 1.165) is 6.08 Å². The van der Waals surface area contributed by atoms with Gasteiger partial charge >= 0.3 is 16.1 Å². The molecule has 0 rings (SSSR count). The Labute approximate surface area is 105 Å². The van der Waals surface area contributed by atoms with Gasteiger partial charge in [-0.3, -0.25) is 4.79 Å². The smallest absolute Gasteiger partial charge is 0.325 e. The highest BCUT2D eigenvalue weighted by atomic mass is 32.2. The molecule has 0 aliphatic heterocycles. The zero-order valence-electron chi connectivity index (χ0n) is 9.79. The SMILES string of the molecule is C=CC(=O)NCC(CC)S(=O)(=O)OC=C=C(O)O. The zero-order chi connectivity index (χ0) is 14.2. The van der Waals surface area contributed by atoms with Crippen LogP contribution in [0.2, 0.25) is 0 Å². The Kier molecular flexibility index (Phi) is 6.62. The molecule has 8 heteroatoms. The van der Waals surface area contributed by atoms with E-state index < -0.39 is 27.2 Å². The third kappa shape index (κ3) is 5.97. The minimum Gasteiger partial charge on any atom is -0.475 e. The molecule has 0 saturated carbocycles. The van der Waals surface area contributed by atoms with Gasteiger partial charge in [0.05, 0.1) is 0 Å². The van der Waals surface area contributed by atoms with Crippen LogP contribution in [0.25, 0.3) is 0 Å². The van der Waals surface area contributed by atoms with E-state index in [1.54, 1.807) is 12.7 Å². The van der Waals surface area contributed by atoms with Crippen molar-refractivity contribution in [1.29, 1.82) is 0 Å². The number of hydrogen-bond acceptors (Lipinski definition) is 6. The van der Waals surface area contributed by atoms with Crippen molar-refractivity contribution >= 4 is 16.0 Å². The molecule has 18 heavy (non-hydrogen) atoms. The molecule has 102 valence electrons. The van der Waals surface area contributed by atoms with E-state index >= 15 is 0 Å². The van der Waals surface area contributed by atoms with E-state index in [1.165, 1.54) is 0 Å². The summed E-state index contributed by atoms with van der Waals surface area (Å²) in [6.45, 7) is 4.70. The number of amides is 1. The van der Waals surface area contributed by atoms with Crippen molar-refractivity contribution in [1.82, 2.24) is 5.32 Å². The summed E-state index contributed by atoms with van der Waals surface area (Å²) in [4.78, 5) is 10.9. The predicted octanol–water partition coefficient (Wildman–Crippen LogP) is 0.484. The lowest BCUT2D eigenvalue weighted by atomic mass is 10.3. The van der Waals surface area contributed by atoms with E-state index in [2.05, 4.69) is 16.1 Å². The molecule has 0 heterocycles. The summed E-state index contributed by atoms with van der Waals surface area (Å²) in [6.07, 6.45) is 1.75. The Morgan fingerprint density at radius 3 is 2.61 bits per heavy atom. The van der Waals surface area contributed by atoms with Crippen molar-refractivity contribution in [2.45, 2.75) is 18.6 Å². The average molecular weight is 277 g/mol. The van der Waals surface area contributed by atoms with Crippen molar-refractivity contribution in [2.24, 2.45) is 0 Å². The molecule has 0 aromatic carbocycles. The molecule has 0 aromatic heterocycles. The zero-order valence-corrected chi connectivity index (χ0v) is 10.6. The number of carbonyl (C=O) groups is 1. The van der Waals surface area contributed by atoms with E-state index in [-0.39, 0.29) is 13.0 Å². The number of aliphatic hydroxyl groups is 2. The second-order valence-corrected chi connectivity index (χ2v) is 5.00. The minimum atomic E-state index is -3.97. The van der Waals surface area contributed by atoms with Gasteiger partial charge in [-0.2, -0.15) is 8.42 Å². The molecule has 0 bridgehead atoms. The van der Waals surface area contributed by atoms with Gasteiger partial charge in [0.25, 0.3) is 0 Å². The van der Waals surface area contributed by atoms with Crippen molar-refractivity contribution in [3.8, 4) is 0 Å². The van der Waals surface area contributed by atoms with Crippen LogP contribution in [-0.2, 0) is 19.1 Å². The van der Waals surface area contributed by atoms with Crippen LogP contribution in [0.1, 0.15) is 13.3 Å². The van der Waals surface area contributed by atoms with Gasteiger partial charge in [0.15, 0.2) is 6.26 Å². The fourth-order valence-electron chi connectivity index (χ4n) is 0.960. The summed E-state index contributed by atoms with van der Waals surface area (Å²) in [5.74, 6) is -1.69. The normalized spacial score (nSPS) is 11.8. The maximum absolute atomic E-state index is 11.6. The van der Waals surface area contributed by atoms with Crippen molar-refractivity contribution in [3.05, 3.63) is 30.6 Å². The molecule has 0 radical (unpaired) electrons. The van der Waals surface area contributed by atoms with Gasteiger partial charge in [-0.15, -0.1) is 0 Å². The van der Waals surface area contributed by atoms with Crippen molar-refractivity contribution in [2.75, 3.05) is 6.54 Å². The van der Waals surface area contributed by atoms with Crippen LogP contribution in [0.5, 0.6) is 0 Å². The highest BCUT2D eigenvalue weighted by Gasteiger charge is 2.24. The van der Waals surface area contributed by atoms with Gasteiger partial charge in [-0.1, -0.05) is 13.5 Å². The number of rotatable bonds is 7. The maximum Gasteiger partial charge on any atom is 0.325 e. The van der Waals surface area contributed by atoms with Gasteiger partial charge in [-0.25, -0.2) is 0 Å². The summed E-state index contributed by atoms with van der Waals surface area (Å²) >= 11 is 0. The molecule has 3 N–H and O–H groups in total. The Morgan fingerprint density at radius 1 is 1.56 bits per heavy atom. The molecule has 0 spiro atoms. The molecule has 1 atom stereocenters. The quantitative estimate of drug-likeness (QED) is 0.270. The minimum absolute atomic E-state index is 0.133. The lowest BCUT2D eigenvalue weighted by Crippen LogP contribution is -2.35. The third-order valence-corrected chi connectivity index (χ3v) is 3.60. The van der Waals surface area contributed by atoms with Crippen LogP contribution in [-0.4, -0.2) is 36.3 Å². The average Bonchev–Trinajstić information content (AvgIpc) is 2.28. The number of nitrogens with one attached hydrogen (secondary N) is 1.